The molecule has 1 heterocycles. The van der Waals surface area contributed by atoms with E-state index in [-0.39, 0.29) is 0 Å². The van der Waals surface area contributed by atoms with Gasteiger partial charge in [-0.1, -0.05) is 24.3 Å². The van der Waals surface area contributed by atoms with E-state index in [9.17, 15) is 0 Å². The topological polar surface area (TPSA) is 15.8 Å². The number of H-pyrrole nitrogens is 1. The Morgan fingerprint density at radius 2 is 1.00 bits per heavy atom. The molecule has 4 aromatic rings. The van der Waals surface area contributed by atoms with Crippen LogP contribution in [0.25, 0.3) is 32.3 Å². The number of nitrogens with one attached hydrogen (secondary N) is 1. The van der Waals surface area contributed by atoms with Crippen LogP contribution in [0.5, 0.6) is 0 Å². The second-order valence-corrected chi connectivity index (χ2v) is 4.48. The highest BCUT2D eigenvalue weighted by Crippen LogP contribution is 2.26. The Balaban J connectivity index is 2.23. The first-order valence-electron chi connectivity index (χ1n) is 5.79. The van der Waals surface area contributed by atoms with Gasteiger partial charge in [0, 0.05) is 12.4 Å². The summed E-state index contributed by atoms with van der Waals surface area (Å²) >= 11 is 0. The highest BCUT2D eigenvalue weighted by molar-refractivity contribution is 6.04. The molecule has 1 aromatic heterocycles. The zero-order chi connectivity index (χ0) is 11.2. The quantitative estimate of drug-likeness (QED) is 0.418. The van der Waals surface area contributed by atoms with Gasteiger partial charge in [0.15, 0.2) is 0 Å². The zero-order valence-corrected chi connectivity index (χ0v) is 9.27. The molecule has 0 saturated heterocycles. The van der Waals surface area contributed by atoms with Crippen LogP contribution in [0.2, 0.25) is 0 Å². The van der Waals surface area contributed by atoms with Gasteiger partial charge in [0.1, 0.15) is 0 Å². The first kappa shape index (κ1) is 8.82. The van der Waals surface area contributed by atoms with Crippen molar-refractivity contribution in [1.82, 2.24) is 4.98 Å². The van der Waals surface area contributed by atoms with Crippen molar-refractivity contribution in [2.75, 3.05) is 0 Å². The zero-order valence-electron chi connectivity index (χ0n) is 9.27. The molecule has 0 aliphatic heterocycles. The smallest absolute Gasteiger partial charge is 0.00845 e. The molecule has 0 bridgehead atoms. The number of rotatable bonds is 0. The molecule has 80 valence electrons. The van der Waals surface area contributed by atoms with Crippen molar-refractivity contribution in [2.24, 2.45) is 0 Å². The van der Waals surface area contributed by atoms with Crippen molar-refractivity contribution in [3.05, 3.63) is 60.9 Å². The molecular formula is C16H11N. The Labute approximate surface area is 98.7 Å². The van der Waals surface area contributed by atoms with Gasteiger partial charge in [-0.25, -0.2) is 0 Å². The fourth-order valence-corrected chi connectivity index (χ4v) is 2.50. The average Bonchev–Trinajstić information content (AvgIpc) is 2.80. The van der Waals surface area contributed by atoms with Gasteiger partial charge in [-0.3, -0.25) is 0 Å². The monoisotopic (exact) mass is 217 g/mol. The largest absolute Gasteiger partial charge is 0.366 e. The Morgan fingerprint density at radius 3 is 1.53 bits per heavy atom. The van der Waals surface area contributed by atoms with Gasteiger partial charge in [0.2, 0.25) is 0 Å². The summed E-state index contributed by atoms with van der Waals surface area (Å²) in [5, 5.41) is 7.75. The van der Waals surface area contributed by atoms with Crippen molar-refractivity contribution in [3.63, 3.8) is 0 Å². The minimum absolute atomic E-state index is 1.27. The van der Waals surface area contributed by atoms with Gasteiger partial charge in [0.25, 0.3) is 0 Å². The maximum Gasteiger partial charge on any atom is 0.00845 e. The molecule has 0 aliphatic rings. The average molecular weight is 217 g/mol. The van der Waals surface area contributed by atoms with Gasteiger partial charge in [-0.2, -0.15) is 0 Å². The summed E-state index contributed by atoms with van der Waals surface area (Å²) < 4.78 is 0. The molecule has 0 unspecified atom stereocenters. The second-order valence-electron chi connectivity index (χ2n) is 4.48. The molecule has 3 aromatic carbocycles. The maximum absolute atomic E-state index is 3.15. The third-order valence-electron chi connectivity index (χ3n) is 3.38. The Kier molecular flexibility index (Phi) is 1.61. The fraction of sp³-hybridized carbons (Fsp3) is 0. The van der Waals surface area contributed by atoms with Crippen LogP contribution in [0.15, 0.2) is 60.9 Å². The molecule has 17 heavy (non-hydrogen) atoms. The fourth-order valence-electron chi connectivity index (χ4n) is 2.50. The van der Waals surface area contributed by atoms with Gasteiger partial charge >= 0.3 is 0 Å². The van der Waals surface area contributed by atoms with Crippen molar-refractivity contribution in [3.8, 4) is 0 Å². The van der Waals surface area contributed by atoms with E-state index < -0.39 is 0 Å². The molecule has 0 amide bonds. The van der Waals surface area contributed by atoms with Gasteiger partial charge < -0.3 is 4.98 Å². The van der Waals surface area contributed by atoms with E-state index in [1.807, 2.05) is 12.4 Å². The lowest BCUT2D eigenvalue weighted by Gasteiger charge is -2.02. The van der Waals surface area contributed by atoms with E-state index in [1.165, 1.54) is 32.3 Å². The predicted molar refractivity (Wildman–Crippen MR) is 73.3 cm³/mol. The molecule has 0 atom stereocenters. The molecule has 4 rings (SSSR count). The summed E-state index contributed by atoms with van der Waals surface area (Å²) in [6.07, 6.45) is 4.09. The molecule has 0 radical (unpaired) electrons. The van der Waals surface area contributed by atoms with Crippen molar-refractivity contribution < 1.29 is 0 Å². The van der Waals surface area contributed by atoms with E-state index in [0.29, 0.717) is 0 Å². The lowest BCUT2D eigenvalue weighted by Crippen LogP contribution is -1.76. The summed E-state index contributed by atoms with van der Waals surface area (Å²) in [5.74, 6) is 0. The van der Waals surface area contributed by atoms with Crippen LogP contribution in [-0.4, -0.2) is 4.98 Å². The van der Waals surface area contributed by atoms with Gasteiger partial charge in [-0.15, -0.1) is 0 Å². The molecule has 0 saturated carbocycles. The third-order valence-corrected chi connectivity index (χ3v) is 3.38. The highest BCUT2D eigenvalue weighted by Gasteiger charge is 2.00. The lowest BCUT2D eigenvalue weighted by atomic mass is 10.0. The van der Waals surface area contributed by atoms with Crippen LogP contribution in [0, 0.1) is 0 Å². The van der Waals surface area contributed by atoms with E-state index >= 15 is 0 Å². The van der Waals surface area contributed by atoms with Gasteiger partial charge in [-0.05, 0) is 56.6 Å². The summed E-state index contributed by atoms with van der Waals surface area (Å²) in [4.78, 5) is 3.15. The van der Waals surface area contributed by atoms with E-state index in [2.05, 4.69) is 53.5 Å². The first-order chi connectivity index (χ1) is 8.40. The summed E-state index contributed by atoms with van der Waals surface area (Å²) in [6, 6.07) is 17.5. The first-order valence-corrected chi connectivity index (χ1v) is 5.79. The van der Waals surface area contributed by atoms with Crippen molar-refractivity contribution >= 4 is 32.3 Å². The molecule has 1 N–H and O–H groups in total. The summed E-state index contributed by atoms with van der Waals surface area (Å²) in [5.41, 5.74) is 0. The highest BCUT2D eigenvalue weighted by atomic mass is 14.6. The Bertz CT molecular complexity index is 771. The standard InChI is InChI=1S/C16H11N/c1-2-4-12-6-14-8-16-10-17-9-15(16)7-13(14)5-11(12)3-1/h1-10,17H. The van der Waals surface area contributed by atoms with Crippen LogP contribution >= 0.6 is 0 Å². The number of aromatic nitrogens is 1. The Hall–Kier alpha value is -2.28. The summed E-state index contributed by atoms with van der Waals surface area (Å²) in [7, 11) is 0. The van der Waals surface area contributed by atoms with E-state index in [4.69, 9.17) is 0 Å². The molecule has 1 heteroatoms. The van der Waals surface area contributed by atoms with Crippen LogP contribution in [-0.2, 0) is 0 Å². The summed E-state index contributed by atoms with van der Waals surface area (Å²) in [6.45, 7) is 0. The van der Waals surface area contributed by atoms with E-state index in [1.54, 1.807) is 0 Å². The predicted octanol–water partition coefficient (Wildman–Crippen LogP) is 4.47. The van der Waals surface area contributed by atoms with Gasteiger partial charge in [0.05, 0.1) is 0 Å². The minimum atomic E-state index is 1.27. The molecule has 1 nitrogen and oxygen atoms in total. The lowest BCUT2D eigenvalue weighted by molar-refractivity contribution is 1.43. The second kappa shape index (κ2) is 3.11. The number of fused-ring (bicyclic) bond motifs is 3. The van der Waals surface area contributed by atoms with E-state index in [0.717, 1.165) is 0 Å². The van der Waals surface area contributed by atoms with Crippen LogP contribution < -0.4 is 0 Å². The van der Waals surface area contributed by atoms with Crippen molar-refractivity contribution in [1.29, 1.82) is 0 Å². The Morgan fingerprint density at radius 1 is 0.529 bits per heavy atom. The minimum Gasteiger partial charge on any atom is -0.366 e. The molecular weight excluding hydrogens is 206 g/mol. The normalized spacial score (nSPS) is 11.5. The number of benzene rings is 3. The molecule has 0 spiro atoms. The third kappa shape index (κ3) is 1.26. The van der Waals surface area contributed by atoms with Crippen LogP contribution in [0.4, 0.5) is 0 Å². The van der Waals surface area contributed by atoms with Crippen LogP contribution in [0.3, 0.4) is 0 Å². The maximum atomic E-state index is 3.15. The van der Waals surface area contributed by atoms with Crippen LogP contribution in [0.1, 0.15) is 0 Å². The molecule has 0 aliphatic carbocycles. The number of aromatic amines is 1. The number of hydrogen-bond acceptors (Lipinski definition) is 0. The van der Waals surface area contributed by atoms with Crippen molar-refractivity contribution in [2.45, 2.75) is 0 Å². The molecule has 0 fully saturated rings. The SMILES string of the molecule is c1ccc2cc3cc4c[nH]cc4cc3cc2c1. The number of hydrogen-bond donors (Lipinski definition) is 1.